The van der Waals surface area contributed by atoms with Gasteiger partial charge in [-0.1, -0.05) is 12.1 Å². The molecule has 1 heterocycles. The summed E-state index contributed by atoms with van der Waals surface area (Å²) in [5, 5.41) is 0. The zero-order valence-electron chi connectivity index (χ0n) is 17.8. The molecule has 0 N–H and O–H groups in total. The maximum absolute atomic E-state index is 12.9. The number of imidazole rings is 1. The topological polar surface area (TPSA) is 76.9 Å². The normalized spacial score (nSPS) is 10.8. The van der Waals surface area contributed by atoms with Crippen LogP contribution >= 0.6 is 0 Å². The first-order chi connectivity index (χ1) is 13.9. The fourth-order valence-corrected chi connectivity index (χ4v) is 2.83. The first kappa shape index (κ1) is 22.0. The van der Waals surface area contributed by atoms with E-state index < -0.39 is 0 Å². The van der Waals surface area contributed by atoms with Gasteiger partial charge in [0.25, 0.3) is 5.91 Å². The highest BCUT2D eigenvalue weighted by molar-refractivity contribution is 6.02. The number of hydrogen-bond acceptors (Lipinski definition) is 6. The summed E-state index contributed by atoms with van der Waals surface area (Å²) in [6, 6.07) is 5.58. The van der Waals surface area contributed by atoms with Crippen molar-refractivity contribution in [1.82, 2.24) is 14.5 Å². The Kier molecular flexibility index (Phi) is 7.41. The zero-order valence-corrected chi connectivity index (χ0v) is 17.8. The van der Waals surface area contributed by atoms with Crippen LogP contribution in [0.15, 0.2) is 18.2 Å². The van der Waals surface area contributed by atoms with Crippen LogP contribution in [0.3, 0.4) is 0 Å². The Morgan fingerprint density at radius 1 is 1.14 bits per heavy atom. The van der Waals surface area contributed by atoms with Crippen molar-refractivity contribution in [2.24, 2.45) is 7.05 Å². The van der Waals surface area contributed by atoms with E-state index in [1.165, 1.54) is 0 Å². The maximum atomic E-state index is 12.9. The number of carbonyl (C=O) groups is 2. The highest BCUT2D eigenvalue weighted by Gasteiger charge is 2.25. The molecule has 0 bridgehead atoms. The number of aromatic nitrogens is 2. The van der Waals surface area contributed by atoms with Crippen LogP contribution in [0.1, 0.15) is 35.7 Å². The average molecular weight is 400 g/mol. The van der Waals surface area contributed by atoms with Crippen molar-refractivity contribution in [2.45, 2.75) is 13.8 Å². The second-order valence-corrected chi connectivity index (χ2v) is 6.36. The molecule has 0 unspecified atom stereocenters. The summed E-state index contributed by atoms with van der Waals surface area (Å²) < 4.78 is 12.3. The van der Waals surface area contributed by atoms with Gasteiger partial charge in [-0.05, 0) is 37.6 Å². The minimum atomic E-state index is -0.376. The van der Waals surface area contributed by atoms with Crippen molar-refractivity contribution in [3.05, 3.63) is 35.3 Å². The zero-order chi connectivity index (χ0) is 21.6. The first-order valence-corrected chi connectivity index (χ1v) is 9.35. The van der Waals surface area contributed by atoms with Crippen LogP contribution in [0, 0.1) is 0 Å². The van der Waals surface area contributed by atoms with Gasteiger partial charge in [-0.25, -0.2) is 4.98 Å². The molecular formula is C21H28N4O4. The summed E-state index contributed by atoms with van der Waals surface area (Å²) >= 11 is 0. The predicted molar refractivity (Wildman–Crippen MR) is 113 cm³/mol. The van der Waals surface area contributed by atoms with E-state index in [1.807, 2.05) is 49.2 Å². The molecule has 0 aliphatic rings. The summed E-state index contributed by atoms with van der Waals surface area (Å²) in [5.74, 6) is 2.03. The van der Waals surface area contributed by atoms with Gasteiger partial charge < -0.3 is 18.9 Å². The second-order valence-electron chi connectivity index (χ2n) is 6.36. The summed E-state index contributed by atoms with van der Waals surface area (Å²) in [7, 11) is 6.80. The Labute approximate surface area is 171 Å². The van der Waals surface area contributed by atoms with Crippen LogP contribution in [-0.2, 0) is 11.8 Å². The number of nitrogens with zero attached hydrogens (tertiary/aromatic N) is 4. The van der Waals surface area contributed by atoms with Crippen LogP contribution in [0.5, 0.6) is 11.5 Å². The highest BCUT2D eigenvalue weighted by Crippen LogP contribution is 2.28. The average Bonchev–Trinajstić information content (AvgIpc) is 3.08. The summed E-state index contributed by atoms with van der Waals surface area (Å²) in [5.41, 5.74) is 1.27. The molecule has 0 aliphatic heterocycles. The van der Waals surface area contributed by atoms with Gasteiger partial charge in [-0.3, -0.25) is 14.5 Å². The lowest BCUT2D eigenvalue weighted by molar-refractivity contribution is -0.115. The number of benzene rings is 1. The molecule has 0 atom stereocenters. The number of ether oxygens (including phenoxy) is 2. The van der Waals surface area contributed by atoms with Gasteiger partial charge in [0.1, 0.15) is 5.82 Å². The van der Waals surface area contributed by atoms with Gasteiger partial charge in [-0.2, -0.15) is 0 Å². The smallest absolute Gasteiger partial charge is 0.280 e. The molecule has 2 amide bonds. The lowest BCUT2D eigenvalue weighted by atomic mass is 10.2. The quantitative estimate of drug-likeness (QED) is 0.603. The number of methoxy groups -OCH3 is 2. The van der Waals surface area contributed by atoms with Crippen LogP contribution in [0.25, 0.3) is 12.2 Å². The Morgan fingerprint density at radius 3 is 2.38 bits per heavy atom. The molecular weight excluding hydrogens is 372 g/mol. The van der Waals surface area contributed by atoms with Crippen LogP contribution < -0.4 is 14.4 Å². The predicted octanol–water partition coefficient (Wildman–Crippen LogP) is 2.68. The number of carbonyl (C=O) groups excluding carboxylic acids is 2. The minimum absolute atomic E-state index is 0.291. The Morgan fingerprint density at radius 2 is 1.83 bits per heavy atom. The monoisotopic (exact) mass is 400 g/mol. The van der Waals surface area contributed by atoms with Gasteiger partial charge >= 0.3 is 0 Å². The number of imide groups is 1. The van der Waals surface area contributed by atoms with E-state index in [-0.39, 0.29) is 5.91 Å². The van der Waals surface area contributed by atoms with Crippen molar-refractivity contribution in [2.75, 3.05) is 39.3 Å². The van der Waals surface area contributed by atoms with E-state index in [0.29, 0.717) is 48.3 Å². The van der Waals surface area contributed by atoms with Gasteiger partial charge in [0.2, 0.25) is 6.41 Å². The number of rotatable bonds is 9. The fourth-order valence-electron chi connectivity index (χ4n) is 2.83. The number of amides is 2. The third-order valence-electron chi connectivity index (χ3n) is 4.71. The van der Waals surface area contributed by atoms with Crippen molar-refractivity contribution < 1.29 is 19.1 Å². The third-order valence-corrected chi connectivity index (χ3v) is 4.71. The van der Waals surface area contributed by atoms with Gasteiger partial charge in [-0.15, -0.1) is 0 Å². The van der Waals surface area contributed by atoms with Crippen LogP contribution in [-0.4, -0.2) is 61.1 Å². The lowest BCUT2D eigenvalue weighted by Crippen LogP contribution is -2.32. The Balaban J connectivity index is 2.47. The molecule has 0 radical (unpaired) electrons. The largest absolute Gasteiger partial charge is 0.493 e. The highest BCUT2D eigenvalue weighted by atomic mass is 16.5. The molecule has 1 aromatic heterocycles. The molecule has 2 rings (SSSR count). The van der Waals surface area contributed by atoms with E-state index in [1.54, 1.807) is 32.8 Å². The van der Waals surface area contributed by atoms with Crippen LogP contribution in [0.2, 0.25) is 0 Å². The van der Waals surface area contributed by atoms with Crippen molar-refractivity contribution in [3.63, 3.8) is 0 Å². The SMILES string of the molecule is CCN(C=O)C(=O)c1c(N(C)CC)nc(/C=C/c2ccc(OC)c(OC)c2)n1C. The molecule has 156 valence electrons. The number of anilines is 1. The summed E-state index contributed by atoms with van der Waals surface area (Å²) in [6.07, 6.45) is 4.25. The van der Waals surface area contributed by atoms with E-state index >= 15 is 0 Å². The molecule has 0 saturated carbocycles. The lowest BCUT2D eigenvalue weighted by Gasteiger charge is -2.18. The molecule has 0 saturated heterocycles. The Bertz CT molecular complexity index is 904. The van der Waals surface area contributed by atoms with Crippen molar-refractivity contribution >= 4 is 30.3 Å². The van der Waals surface area contributed by atoms with Crippen LogP contribution in [0.4, 0.5) is 5.82 Å². The minimum Gasteiger partial charge on any atom is -0.493 e. The molecule has 1 aromatic carbocycles. The molecule has 0 aliphatic carbocycles. The third kappa shape index (κ3) is 4.59. The van der Waals surface area contributed by atoms with Gasteiger partial charge in [0, 0.05) is 27.2 Å². The molecule has 0 spiro atoms. The van der Waals surface area contributed by atoms with Gasteiger partial charge in [0.05, 0.1) is 14.2 Å². The van der Waals surface area contributed by atoms with Gasteiger partial charge in [0.15, 0.2) is 23.0 Å². The Hall–Kier alpha value is -3.29. The van der Waals surface area contributed by atoms with Crippen molar-refractivity contribution in [3.8, 4) is 11.5 Å². The van der Waals surface area contributed by atoms with Crippen molar-refractivity contribution in [1.29, 1.82) is 0 Å². The van der Waals surface area contributed by atoms with E-state index in [4.69, 9.17) is 9.47 Å². The second kappa shape index (κ2) is 9.77. The molecule has 8 nitrogen and oxygen atoms in total. The summed E-state index contributed by atoms with van der Waals surface area (Å²) in [4.78, 5) is 31.8. The van der Waals surface area contributed by atoms with E-state index in [2.05, 4.69) is 4.98 Å². The standard InChI is InChI=1S/C21H28N4O4/c1-7-23(3)20-19(21(27)25(8-2)14-26)24(4)18(22-20)12-10-15-9-11-16(28-5)17(13-15)29-6/h9-14H,7-8H2,1-6H3/b12-10+. The van der Waals surface area contributed by atoms with E-state index in [0.717, 1.165) is 10.5 Å². The fraction of sp³-hybridized carbons (Fsp3) is 0.381. The molecule has 29 heavy (non-hydrogen) atoms. The molecule has 8 heteroatoms. The first-order valence-electron chi connectivity index (χ1n) is 9.35. The molecule has 2 aromatic rings. The molecule has 0 fully saturated rings. The number of hydrogen-bond donors (Lipinski definition) is 0. The summed E-state index contributed by atoms with van der Waals surface area (Å²) in [6.45, 7) is 4.69. The maximum Gasteiger partial charge on any atom is 0.280 e. The van der Waals surface area contributed by atoms with E-state index in [9.17, 15) is 9.59 Å².